The second kappa shape index (κ2) is 5.31. The topological polar surface area (TPSA) is 52.7 Å². The first kappa shape index (κ1) is 13.8. The Balaban J connectivity index is 1.48. The van der Waals surface area contributed by atoms with Crippen molar-refractivity contribution in [1.29, 1.82) is 0 Å². The molecule has 1 saturated heterocycles. The fourth-order valence-electron chi connectivity index (χ4n) is 2.77. The third kappa shape index (κ3) is 3.29. The Hall–Kier alpha value is -0.170. The third-order valence-electron chi connectivity index (χ3n) is 4.60. The third-order valence-corrected chi connectivity index (χ3v) is 6.64. The van der Waals surface area contributed by atoms with Crippen LogP contribution in [0.2, 0.25) is 0 Å². The van der Waals surface area contributed by atoms with Gasteiger partial charge in [0.15, 0.2) is 0 Å². The second-order valence-electron chi connectivity index (χ2n) is 6.28. The van der Waals surface area contributed by atoms with Crippen molar-refractivity contribution in [2.75, 3.05) is 26.7 Å². The summed E-state index contributed by atoms with van der Waals surface area (Å²) < 4.78 is 28.0. The highest BCUT2D eigenvalue weighted by Gasteiger charge is 2.38. The number of hydrogen-bond acceptors (Lipinski definition) is 3. The van der Waals surface area contributed by atoms with Crippen LogP contribution < -0.4 is 5.32 Å². The van der Waals surface area contributed by atoms with E-state index in [2.05, 4.69) is 5.32 Å². The molecule has 1 aliphatic heterocycles. The molecule has 0 aromatic rings. The molecule has 2 aliphatic carbocycles. The number of rotatable bonds is 6. The fourth-order valence-corrected chi connectivity index (χ4v) is 4.40. The van der Waals surface area contributed by atoms with Crippen LogP contribution in [0.15, 0.2) is 0 Å². The Kier molecular flexibility index (Phi) is 3.86. The SMILES string of the molecule is CN(C1CC1)S(=O)(=O)N1CCC(CNC2CC2)CC1. The highest BCUT2D eigenvalue weighted by atomic mass is 32.2. The maximum atomic E-state index is 12.4. The van der Waals surface area contributed by atoms with Crippen LogP contribution in [0.5, 0.6) is 0 Å². The molecule has 0 aromatic carbocycles. The highest BCUT2D eigenvalue weighted by Crippen LogP contribution is 2.30. The van der Waals surface area contributed by atoms with E-state index in [0.717, 1.165) is 38.3 Å². The molecule has 3 aliphatic rings. The normalized spacial score (nSPS) is 27.1. The quantitative estimate of drug-likeness (QED) is 0.786. The molecule has 0 unspecified atom stereocenters. The molecular formula is C13H25N3O2S. The van der Waals surface area contributed by atoms with Gasteiger partial charge in [0.05, 0.1) is 0 Å². The van der Waals surface area contributed by atoms with Crippen LogP contribution in [0.4, 0.5) is 0 Å². The van der Waals surface area contributed by atoms with Gasteiger partial charge in [0.1, 0.15) is 0 Å². The van der Waals surface area contributed by atoms with E-state index >= 15 is 0 Å². The predicted molar refractivity (Wildman–Crippen MR) is 75.0 cm³/mol. The van der Waals surface area contributed by atoms with E-state index in [-0.39, 0.29) is 6.04 Å². The summed E-state index contributed by atoms with van der Waals surface area (Å²) in [6, 6.07) is 1.02. The molecule has 0 amide bonds. The van der Waals surface area contributed by atoms with Gasteiger partial charge in [0, 0.05) is 32.2 Å². The Labute approximate surface area is 116 Å². The highest BCUT2D eigenvalue weighted by molar-refractivity contribution is 7.86. The summed E-state index contributed by atoms with van der Waals surface area (Å²) in [5.41, 5.74) is 0. The number of piperidine rings is 1. The van der Waals surface area contributed by atoms with Crippen molar-refractivity contribution >= 4 is 10.2 Å². The maximum Gasteiger partial charge on any atom is 0.281 e. The minimum absolute atomic E-state index is 0.263. The van der Waals surface area contributed by atoms with Gasteiger partial charge in [-0.05, 0) is 51.0 Å². The zero-order chi connectivity index (χ0) is 13.5. The molecule has 3 fully saturated rings. The molecular weight excluding hydrogens is 262 g/mol. The van der Waals surface area contributed by atoms with E-state index in [1.165, 1.54) is 12.8 Å². The molecule has 3 rings (SSSR count). The predicted octanol–water partition coefficient (Wildman–Crippen LogP) is 0.789. The Morgan fingerprint density at radius 2 is 1.74 bits per heavy atom. The van der Waals surface area contributed by atoms with Gasteiger partial charge in [0.25, 0.3) is 10.2 Å². The van der Waals surface area contributed by atoms with Gasteiger partial charge in [0.2, 0.25) is 0 Å². The zero-order valence-electron chi connectivity index (χ0n) is 11.7. The number of hydrogen-bond donors (Lipinski definition) is 1. The van der Waals surface area contributed by atoms with E-state index in [9.17, 15) is 8.42 Å². The van der Waals surface area contributed by atoms with E-state index < -0.39 is 10.2 Å². The van der Waals surface area contributed by atoms with Crippen LogP contribution in [-0.2, 0) is 10.2 Å². The number of nitrogens with zero attached hydrogens (tertiary/aromatic N) is 2. The molecule has 0 atom stereocenters. The van der Waals surface area contributed by atoms with Crippen LogP contribution in [0.3, 0.4) is 0 Å². The van der Waals surface area contributed by atoms with Crippen molar-refractivity contribution in [3.05, 3.63) is 0 Å². The number of nitrogens with one attached hydrogen (secondary N) is 1. The minimum Gasteiger partial charge on any atom is -0.314 e. The lowest BCUT2D eigenvalue weighted by Crippen LogP contribution is -2.47. The fraction of sp³-hybridized carbons (Fsp3) is 1.00. The van der Waals surface area contributed by atoms with Gasteiger partial charge in [-0.1, -0.05) is 0 Å². The molecule has 110 valence electrons. The largest absolute Gasteiger partial charge is 0.314 e. The Morgan fingerprint density at radius 3 is 2.26 bits per heavy atom. The van der Waals surface area contributed by atoms with Crippen LogP contribution in [0.25, 0.3) is 0 Å². The van der Waals surface area contributed by atoms with Gasteiger partial charge in [-0.2, -0.15) is 17.0 Å². The molecule has 1 heterocycles. The molecule has 1 N–H and O–H groups in total. The first-order chi connectivity index (χ1) is 9.07. The standard InChI is InChI=1S/C13H25N3O2S/c1-15(13-4-5-13)19(17,18)16-8-6-11(7-9-16)10-14-12-2-3-12/h11-14H,2-10H2,1H3. The molecule has 0 spiro atoms. The Morgan fingerprint density at radius 1 is 1.11 bits per heavy atom. The van der Waals surface area contributed by atoms with Gasteiger partial charge in [-0.3, -0.25) is 0 Å². The van der Waals surface area contributed by atoms with Crippen molar-refractivity contribution in [1.82, 2.24) is 13.9 Å². The first-order valence-electron chi connectivity index (χ1n) is 7.54. The maximum absolute atomic E-state index is 12.4. The minimum atomic E-state index is -3.19. The zero-order valence-corrected chi connectivity index (χ0v) is 12.5. The molecule has 0 bridgehead atoms. The summed E-state index contributed by atoms with van der Waals surface area (Å²) in [7, 11) is -1.46. The lowest BCUT2D eigenvalue weighted by Gasteiger charge is -2.33. The summed E-state index contributed by atoms with van der Waals surface area (Å²) in [4.78, 5) is 0. The molecule has 0 radical (unpaired) electrons. The van der Waals surface area contributed by atoms with E-state index in [1.807, 2.05) is 0 Å². The monoisotopic (exact) mass is 287 g/mol. The molecule has 0 aromatic heterocycles. The average molecular weight is 287 g/mol. The summed E-state index contributed by atoms with van der Waals surface area (Å²) in [6.45, 7) is 2.45. The van der Waals surface area contributed by atoms with Crippen LogP contribution >= 0.6 is 0 Å². The van der Waals surface area contributed by atoms with Crippen molar-refractivity contribution < 1.29 is 8.42 Å². The lowest BCUT2D eigenvalue weighted by atomic mass is 9.98. The molecule has 19 heavy (non-hydrogen) atoms. The summed E-state index contributed by atoms with van der Waals surface area (Å²) >= 11 is 0. The smallest absolute Gasteiger partial charge is 0.281 e. The van der Waals surface area contributed by atoms with Crippen molar-refractivity contribution in [3.63, 3.8) is 0 Å². The van der Waals surface area contributed by atoms with Crippen molar-refractivity contribution in [2.45, 2.75) is 50.6 Å². The molecule has 6 heteroatoms. The van der Waals surface area contributed by atoms with E-state index in [0.29, 0.717) is 19.0 Å². The average Bonchev–Trinajstić information content (AvgIpc) is 3.29. The summed E-state index contributed by atoms with van der Waals surface area (Å²) in [5.74, 6) is 0.651. The van der Waals surface area contributed by atoms with Crippen molar-refractivity contribution in [2.24, 2.45) is 5.92 Å². The van der Waals surface area contributed by atoms with Gasteiger partial charge in [-0.15, -0.1) is 0 Å². The van der Waals surface area contributed by atoms with Crippen LogP contribution in [-0.4, -0.2) is 55.8 Å². The van der Waals surface area contributed by atoms with Crippen LogP contribution in [0, 0.1) is 5.92 Å². The Bertz CT molecular complexity index is 410. The van der Waals surface area contributed by atoms with Crippen molar-refractivity contribution in [3.8, 4) is 0 Å². The van der Waals surface area contributed by atoms with Gasteiger partial charge < -0.3 is 5.32 Å². The molecule has 5 nitrogen and oxygen atoms in total. The summed E-state index contributed by atoms with van der Waals surface area (Å²) in [6.07, 6.45) is 6.68. The van der Waals surface area contributed by atoms with Crippen LogP contribution in [0.1, 0.15) is 38.5 Å². The molecule has 2 saturated carbocycles. The lowest BCUT2D eigenvalue weighted by molar-refractivity contribution is 0.252. The second-order valence-corrected chi connectivity index (χ2v) is 8.27. The van der Waals surface area contributed by atoms with E-state index in [4.69, 9.17) is 0 Å². The van der Waals surface area contributed by atoms with Gasteiger partial charge >= 0.3 is 0 Å². The first-order valence-corrected chi connectivity index (χ1v) is 8.93. The van der Waals surface area contributed by atoms with E-state index in [1.54, 1.807) is 15.7 Å². The van der Waals surface area contributed by atoms with Gasteiger partial charge in [-0.25, -0.2) is 0 Å². The summed E-state index contributed by atoms with van der Waals surface area (Å²) in [5, 5.41) is 3.55.